The Morgan fingerprint density at radius 1 is 1.38 bits per heavy atom. The van der Waals surface area contributed by atoms with Crippen molar-refractivity contribution in [2.24, 2.45) is 5.92 Å². The molecular formula is C12H19ClN2O. The lowest BCUT2D eigenvalue weighted by Crippen LogP contribution is -2.15. The van der Waals surface area contributed by atoms with Crippen molar-refractivity contribution in [3.8, 4) is 0 Å². The van der Waals surface area contributed by atoms with Gasteiger partial charge in [-0.05, 0) is 25.0 Å². The van der Waals surface area contributed by atoms with Gasteiger partial charge >= 0.3 is 0 Å². The van der Waals surface area contributed by atoms with Gasteiger partial charge in [0.2, 0.25) is 0 Å². The van der Waals surface area contributed by atoms with Crippen molar-refractivity contribution in [3.63, 3.8) is 0 Å². The van der Waals surface area contributed by atoms with Gasteiger partial charge in [0.15, 0.2) is 0 Å². The molecule has 0 aliphatic heterocycles. The molecule has 90 valence electrons. The van der Waals surface area contributed by atoms with Crippen LogP contribution in [0.4, 0.5) is 5.82 Å². The van der Waals surface area contributed by atoms with Gasteiger partial charge < -0.3 is 10.1 Å². The van der Waals surface area contributed by atoms with Crippen LogP contribution >= 0.6 is 11.6 Å². The van der Waals surface area contributed by atoms with Crippen LogP contribution < -0.4 is 5.32 Å². The zero-order valence-electron chi connectivity index (χ0n) is 10.2. The van der Waals surface area contributed by atoms with Crippen molar-refractivity contribution in [2.45, 2.75) is 33.5 Å². The summed E-state index contributed by atoms with van der Waals surface area (Å²) < 4.78 is 5.70. The molecule has 1 aromatic heterocycles. The summed E-state index contributed by atoms with van der Waals surface area (Å²) in [6.45, 7) is 6.77. The predicted octanol–water partition coefficient (Wildman–Crippen LogP) is 3.34. The van der Waals surface area contributed by atoms with Crippen LogP contribution in [0.15, 0.2) is 12.1 Å². The van der Waals surface area contributed by atoms with Gasteiger partial charge in [-0.25, -0.2) is 4.98 Å². The molecule has 0 spiro atoms. The third kappa shape index (κ3) is 3.65. The Hall–Kier alpha value is -0.800. The van der Waals surface area contributed by atoms with Gasteiger partial charge in [0.1, 0.15) is 5.82 Å². The molecule has 1 heterocycles. The first-order valence-corrected chi connectivity index (χ1v) is 5.87. The zero-order valence-corrected chi connectivity index (χ0v) is 11.0. The number of anilines is 1. The molecule has 0 amide bonds. The third-order valence-corrected chi connectivity index (χ3v) is 2.94. The van der Waals surface area contributed by atoms with Crippen LogP contribution in [0.1, 0.15) is 26.5 Å². The van der Waals surface area contributed by atoms with E-state index in [2.05, 4.69) is 31.1 Å². The van der Waals surface area contributed by atoms with Crippen molar-refractivity contribution < 1.29 is 4.74 Å². The maximum absolute atomic E-state index is 6.05. The highest BCUT2D eigenvalue weighted by atomic mass is 35.5. The smallest absolute Gasteiger partial charge is 0.126 e. The average Bonchev–Trinajstić information content (AvgIpc) is 2.27. The van der Waals surface area contributed by atoms with Crippen LogP contribution in [-0.2, 0) is 11.3 Å². The molecule has 0 aromatic carbocycles. The summed E-state index contributed by atoms with van der Waals surface area (Å²) in [4.78, 5) is 4.35. The Morgan fingerprint density at radius 2 is 2.06 bits per heavy atom. The molecule has 0 bridgehead atoms. The Labute approximate surface area is 102 Å². The van der Waals surface area contributed by atoms with Crippen molar-refractivity contribution in [2.75, 3.05) is 12.4 Å². The number of nitrogens with one attached hydrogen (secondary N) is 1. The maximum atomic E-state index is 6.05. The minimum absolute atomic E-state index is 0.205. The van der Waals surface area contributed by atoms with Gasteiger partial charge in [0.05, 0.1) is 23.4 Å². The summed E-state index contributed by atoms with van der Waals surface area (Å²) in [5.41, 5.74) is 0.779. The number of ether oxygens (including phenoxy) is 1. The van der Waals surface area contributed by atoms with Crippen LogP contribution in [0.5, 0.6) is 0 Å². The Kier molecular flexibility index (Phi) is 5.03. The Balaban J connectivity index is 2.65. The van der Waals surface area contributed by atoms with E-state index in [0.717, 1.165) is 11.5 Å². The molecule has 0 aliphatic rings. The SMILES string of the molecule is CNc1ccc(Cl)c(COC(C)C(C)C)n1. The summed E-state index contributed by atoms with van der Waals surface area (Å²) in [6, 6.07) is 3.68. The molecule has 1 unspecified atom stereocenters. The first-order chi connectivity index (χ1) is 7.54. The number of pyridine rings is 1. The topological polar surface area (TPSA) is 34.1 Å². The molecule has 0 fully saturated rings. The number of hydrogen-bond donors (Lipinski definition) is 1. The van der Waals surface area contributed by atoms with Gasteiger partial charge in [0, 0.05) is 7.05 Å². The lowest BCUT2D eigenvalue weighted by atomic mass is 10.1. The Morgan fingerprint density at radius 3 is 2.62 bits per heavy atom. The molecule has 0 aliphatic carbocycles. The van der Waals surface area contributed by atoms with Crippen LogP contribution in [0.2, 0.25) is 5.02 Å². The second kappa shape index (κ2) is 6.06. The summed E-state index contributed by atoms with van der Waals surface area (Å²) in [5, 5.41) is 3.63. The third-order valence-electron chi connectivity index (χ3n) is 2.60. The number of hydrogen-bond acceptors (Lipinski definition) is 3. The molecule has 4 heteroatoms. The minimum atomic E-state index is 0.205. The first-order valence-electron chi connectivity index (χ1n) is 5.49. The molecule has 16 heavy (non-hydrogen) atoms. The van der Waals surface area contributed by atoms with Gasteiger partial charge in [0.25, 0.3) is 0 Å². The quantitative estimate of drug-likeness (QED) is 0.860. The molecule has 0 radical (unpaired) electrons. The summed E-state index contributed by atoms with van der Waals surface area (Å²) in [5.74, 6) is 1.30. The van der Waals surface area contributed by atoms with E-state index in [1.807, 2.05) is 19.2 Å². The fraction of sp³-hybridized carbons (Fsp3) is 0.583. The number of halogens is 1. The maximum Gasteiger partial charge on any atom is 0.126 e. The van der Waals surface area contributed by atoms with E-state index in [1.54, 1.807) is 0 Å². The molecule has 3 nitrogen and oxygen atoms in total. The fourth-order valence-corrected chi connectivity index (χ4v) is 1.29. The van der Waals surface area contributed by atoms with E-state index in [1.165, 1.54) is 0 Å². The molecule has 0 saturated carbocycles. The first kappa shape index (κ1) is 13.3. The number of rotatable bonds is 5. The molecule has 0 saturated heterocycles. The van der Waals surface area contributed by atoms with E-state index in [0.29, 0.717) is 17.5 Å². The van der Waals surface area contributed by atoms with E-state index in [4.69, 9.17) is 16.3 Å². The van der Waals surface area contributed by atoms with Crippen LogP contribution in [0.3, 0.4) is 0 Å². The lowest BCUT2D eigenvalue weighted by molar-refractivity contribution is 0.0219. The average molecular weight is 243 g/mol. The van der Waals surface area contributed by atoms with Crippen LogP contribution in [-0.4, -0.2) is 18.1 Å². The number of aromatic nitrogens is 1. The molecule has 1 aromatic rings. The molecule has 1 N–H and O–H groups in total. The summed E-state index contributed by atoms with van der Waals surface area (Å²) in [6.07, 6.45) is 0.205. The predicted molar refractivity (Wildman–Crippen MR) is 67.9 cm³/mol. The van der Waals surface area contributed by atoms with E-state index in [-0.39, 0.29) is 6.10 Å². The Bertz CT molecular complexity index is 342. The van der Waals surface area contributed by atoms with Gasteiger partial charge in [-0.15, -0.1) is 0 Å². The molecular weight excluding hydrogens is 224 g/mol. The van der Waals surface area contributed by atoms with Gasteiger partial charge in [-0.2, -0.15) is 0 Å². The van der Waals surface area contributed by atoms with Gasteiger partial charge in [-0.1, -0.05) is 25.4 Å². The van der Waals surface area contributed by atoms with Gasteiger partial charge in [-0.3, -0.25) is 0 Å². The second-order valence-corrected chi connectivity index (χ2v) is 4.54. The largest absolute Gasteiger partial charge is 0.373 e. The van der Waals surface area contributed by atoms with E-state index in [9.17, 15) is 0 Å². The van der Waals surface area contributed by atoms with Crippen molar-refractivity contribution in [1.29, 1.82) is 0 Å². The van der Waals surface area contributed by atoms with Crippen LogP contribution in [0.25, 0.3) is 0 Å². The van der Waals surface area contributed by atoms with Crippen molar-refractivity contribution >= 4 is 17.4 Å². The highest BCUT2D eigenvalue weighted by molar-refractivity contribution is 6.31. The van der Waals surface area contributed by atoms with Crippen LogP contribution in [0, 0.1) is 5.92 Å². The van der Waals surface area contributed by atoms with E-state index < -0.39 is 0 Å². The molecule has 1 rings (SSSR count). The second-order valence-electron chi connectivity index (χ2n) is 4.14. The zero-order chi connectivity index (χ0) is 12.1. The lowest BCUT2D eigenvalue weighted by Gasteiger charge is -2.16. The van der Waals surface area contributed by atoms with E-state index >= 15 is 0 Å². The fourth-order valence-electron chi connectivity index (χ4n) is 1.13. The number of nitrogens with zero attached hydrogens (tertiary/aromatic N) is 1. The monoisotopic (exact) mass is 242 g/mol. The summed E-state index contributed by atoms with van der Waals surface area (Å²) in [7, 11) is 1.83. The highest BCUT2D eigenvalue weighted by Crippen LogP contribution is 2.18. The van der Waals surface area contributed by atoms with Crippen molar-refractivity contribution in [3.05, 3.63) is 22.8 Å². The molecule has 1 atom stereocenters. The normalized spacial score (nSPS) is 12.9. The van der Waals surface area contributed by atoms with Crippen molar-refractivity contribution in [1.82, 2.24) is 4.98 Å². The highest BCUT2D eigenvalue weighted by Gasteiger charge is 2.10. The standard InChI is InChI=1S/C12H19ClN2O/c1-8(2)9(3)16-7-11-10(13)5-6-12(14-4)15-11/h5-6,8-9H,7H2,1-4H3,(H,14,15). The minimum Gasteiger partial charge on any atom is -0.373 e. The summed E-state index contributed by atoms with van der Waals surface area (Å²) >= 11 is 6.05.